The Kier molecular flexibility index (Phi) is 34.1. The van der Waals surface area contributed by atoms with Crippen LogP contribution in [0.15, 0.2) is 0 Å². The van der Waals surface area contributed by atoms with Gasteiger partial charge in [-0.25, -0.2) is 4.57 Å². The van der Waals surface area contributed by atoms with E-state index in [1.807, 2.05) is 0 Å². The minimum atomic E-state index is -4.35. The molecular weight excluding hydrogens is 617 g/mol. The average molecular weight is 692 g/mol. The molecule has 0 aromatic rings. The molecule has 0 spiro atoms. The van der Waals surface area contributed by atoms with E-state index >= 15 is 0 Å². The number of nitrogens with two attached hydrogens (primary N) is 1. The minimum absolute atomic E-state index is 0.0570. The molecule has 0 aliphatic heterocycles. The Hall–Kier alpha value is -0.990. The Bertz CT molecular complexity index is 754. The van der Waals surface area contributed by atoms with Gasteiger partial charge < -0.3 is 20.1 Å². The third-order valence-electron chi connectivity index (χ3n) is 8.49. The number of carbonyl (C=O) groups is 2. The molecular formula is C37H74NO8P. The van der Waals surface area contributed by atoms with Crippen LogP contribution < -0.4 is 5.73 Å². The molecule has 0 rings (SSSR count). The highest BCUT2D eigenvalue weighted by Crippen LogP contribution is 2.43. The van der Waals surface area contributed by atoms with Crippen LogP contribution in [-0.2, 0) is 32.7 Å². The van der Waals surface area contributed by atoms with Gasteiger partial charge in [0.15, 0.2) is 6.10 Å². The SMILES string of the molecule is CCCCCCCCCCCCCCCCCCCCCCCCC(=O)OC(COC(=O)CCCCCC)COP(=O)(O)OCCN. The second-order valence-corrected chi connectivity index (χ2v) is 14.6. The topological polar surface area (TPSA) is 134 Å². The van der Waals surface area contributed by atoms with Crippen LogP contribution in [0.25, 0.3) is 0 Å². The van der Waals surface area contributed by atoms with Crippen LogP contribution in [0.5, 0.6) is 0 Å². The predicted octanol–water partition coefficient (Wildman–Crippen LogP) is 10.5. The summed E-state index contributed by atoms with van der Waals surface area (Å²) in [6.45, 7) is 3.62. The maximum absolute atomic E-state index is 12.5. The molecule has 0 fully saturated rings. The molecule has 2 unspecified atom stereocenters. The van der Waals surface area contributed by atoms with Crippen molar-refractivity contribution in [2.24, 2.45) is 5.73 Å². The summed E-state index contributed by atoms with van der Waals surface area (Å²) < 4.78 is 32.4. The maximum Gasteiger partial charge on any atom is 0.472 e. The largest absolute Gasteiger partial charge is 0.472 e. The van der Waals surface area contributed by atoms with Crippen molar-refractivity contribution < 1.29 is 37.6 Å². The van der Waals surface area contributed by atoms with Crippen molar-refractivity contribution in [3.05, 3.63) is 0 Å². The van der Waals surface area contributed by atoms with Crippen LogP contribution in [0.3, 0.4) is 0 Å². The summed E-state index contributed by atoms with van der Waals surface area (Å²) in [5.74, 6) is -0.838. The molecule has 0 aromatic heterocycles. The van der Waals surface area contributed by atoms with Gasteiger partial charge in [-0.1, -0.05) is 168 Å². The lowest BCUT2D eigenvalue weighted by atomic mass is 10.0. The highest BCUT2D eigenvalue weighted by Gasteiger charge is 2.25. The molecule has 0 amide bonds. The van der Waals surface area contributed by atoms with E-state index in [1.165, 1.54) is 122 Å². The van der Waals surface area contributed by atoms with Gasteiger partial charge in [-0.2, -0.15) is 0 Å². The summed E-state index contributed by atoms with van der Waals surface area (Å²) in [5.41, 5.74) is 5.31. The average Bonchev–Trinajstić information content (AvgIpc) is 3.05. The van der Waals surface area contributed by atoms with Crippen LogP contribution in [0.2, 0.25) is 0 Å². The minimum Gasteiger partial charge on any atom is -0.462 e. The Morgan fingerprint density at radius 1 is 0.553 bits per heavy atom. The second-order valence-electron chi connectivity index (χ2n) is 13.2. The van der Waals surface area contributed by atoms with Gasteiger partial charge in [0.05, 0.1) is 13.2 Å². The van der Waals surface area contributed by atoms with E-state index in [-0.39, 0.29) is 32.6 Å². The highest BCUT2D eigenvalue weighted by molar-refractivity contribution is 7.47. The summed E-state index contributed by atoms with van der Waals surface area (Å²) in [5, 5.41) is 0. The van der Waals surface area contributed by atoms with Crippen LogP contribution in [-0.4, -0.2) is 49.3 Å². The van der Waals surface area contributed by atoms with E-state index in [0.29, 0.717) is 6.42 Å². The molecule has 0 aliphatic rings. The van der Waals surface area contributed by atoms with Crippen molar-refractivity contribution in [2.75, 3.05) is 26.4 Å². The summed E-state index contributed by atoms with van der Waals surface area (Å²) in [4.78, 5) is 34.3. The Labute approximate surface area is 288 Å². The van der Waals surface area contributed by atoms with Crippen LogP contribution in [0, 0.1) is 0 Å². The smallest absolute Gasteiger partial charge is 0.462 e. The summed E-state index contributed by atoms with van der Waals surface area (Å²) in [6.07, 6.45) is 32.1. The number of hydrogen-bond acceptors (Lipinski definition) is 8. The van der Waals surface area contributed by atoms with Gasteiger partial charge in [0, 0.05) is 19.4 Å². The van der Waals surface area contributed by atoms with Crippen LogP contribution in [0.4, 0.5) is 0 Å². The van der Waals surface area contributed by atoms with E-state index in [0.717, 1.165) is 38.5 Å². The third kappa shape index (κ3) is 34.7. The Morgan fingerprint density at radius 3 is 1.32 bits per heavy atom. The van der Waals surface area contributed by atoms with Gasteiger partial charge in [0.25, 0.3) is 0 Å². The molecule has 0 heterocycles. The van der Waals surface area contributed by atoms with Crippen molar-refractivity contribution >= 4 is 19.8 Å². The summed E-state index contributed by atoms with van der Waals surface area (Å²) in [7, 11) is -4.35. The molecule has 0 aromatic carbocycles. The van der Waals surface area contributed by atoms with Gasteiger partial charge in [-0.05, 0) is 12.8 Å². The van der Waals surface area contributed by atoms with E-state index in [9.17, 15) is 19.0 Å². The standard InChI is InChI=1S/C37H74NO8P/c1-3-5-7-9-10-11-12-13-14-15-16-17-18-19-20-21-22-23-24-25-26-28-30-37(40)46-35(34-45-47(41,42)44-32-31-38)33-43-36(39)29-27-8-6-4-2/h35H,3-34,38H2,1-2H3,(H,41,42). The lowest BCUT2D eigenvalue weighted by Gasteiger charge is -2.19. The molecule has 2 atom stereocenters. The quantitative estimate of drug-likeness (QED) is 0.0371. The Morgan fingerprint density at radius 2 is 0.915 bits per heavy atom. The molecule has 10 heteroatoms. The van der Waals surface area contributed by atoms with Gasteiger partial charge >= 0.3 is 19.8 Å². The molecule has 0 radical (unpaired) electrons. The number of phosphoric acid groups is 1. The second kappa shape index (κ2) is 34.9. The third-order valence-corrected chi connectivity index (χ3v) is 9.48. The summed E-state index contributed by atoms with van der Waals surface area (Å²) in [6, 6.07) is 0. The van der Waals surface area contributed by atoms with E-state index < -0.39 is 32.5 Å². The van der Waals surface area contributed by atoms with E-state index in [1.54, 1.807) is 0 Å². The van der Waals surface area contributed by atoms with Crippen molar-refractivity contribution in [3.63, 3.8) is 0 Å². The molecule has 9 nitrogen and oxygen atoms in total. The molecule has 280 valence electrons. The highest BCUT2D eigenvalue weighted by atomic mass is 31.2. The fourth-order valence-electron chi connectivity index (χ4n) is 5.58. The van der Waals surface area contributed by atoms with Gasteiger partial charge in [0.1, 0.15) is 6.61 Å². The number of rotatable bonds is 37. The lowest BCUT2D eigenvalue weighted by Crippen LogP contribution is -2.29. The van der Waals surface area contributed by atoms with Gasteiger partial charge in [0.2, 0.25) is 0 Å². The number of esters is 2. The van der Waals surface area contributed by atoms with Crippen molar-refractivity contribution in [2.45, 2.75) is 200 Å². The molecule has 0 saturated carbocycles. The van der Waals surface area contributed by atoms with Crippen LogP contribution in [0.1, 0.15) is 194 Å². The summed E-state index contributed by atoms with van der Waals surface area (Å²) >= 11 is 0. The molecule has 0 bridgehead atoms. The van der Waals surface area contributed by atoms with E-state index in [4.69, 9.17) is 24.3 Å². The van der Waals surface area contributed by atoms with Gasteiger partial charge in [-0.3, -0.25) is 18.6 Å². The zero-order valence-electron chi connectivity index (χ0n) is 30.5. The lowest BCUT2D eigenvalue weighted by molar-refractivity contribution is -0.161. The molecule has 47 heavy (non-hydrogen) atoms. The maximum atomic E-state index is 12.5. The Balaban J connectivity index is 3.87. The fraction of sp³-hybridized carbons (Fsp3) is 0.946. The monoisotopic (exact) mass is 692 g/mol. The first kappa shape index (κ1) is 46.0. The first-order chi connectivity index (χ1) is 22.8. The normalized spacial score (nSPS) is 13.4. The predicted molar refractivity (Wildman–Crippen MR) is 192 cm³/mol. The number of carbonyl (C=O) groups excluding carboxylic acids is 2. The zero-order valence-corrected chi connectivity index (χ0v) is 31.4. The molecule has 0 aliphatic carbocycles. The first-order valence-electron chi connectivity index (χ1n) is 19.5. The zero-order chi connectivity index (χ0) is 34.7. The number of unbranched alkanes of at least 4 members (excludes halogenated alkanes) is 24. The van der Waals surface area contributed by atoms with Crippen molar-refractivity contribution in [1.29, 1.82) is 0 Å². The molecule has 0 saturated heterocycles. The molecule has 3 N–H and O–H groups in total. The number of phosphoric ester groups is 1. The van der Waals surface area contributed by atoms with Crippen molar-refractivity contribution in [1.82, 2.24) is 0 Å². The first-order valence-corrected chi connectivity index (χ1v) is 21.0. The van der Waals surface area contributed by atoms with Gasteiger partial charge in [-0.15, -0.1) is 0 Å². The fourth-order valence-corrected chi connectivity index (χ4v) is 6.34. The number of ether oxygens (including phenoxy) is 2. The van der Waals surface area contributed by atoms with Crippen molar-refractivity contribution in [3.8, 4) is 0 Å². The van der Waals surface area contributed by atoms with Crippen LogP contribution >= 0.6 is 7.82 Å². The van der Waals surface area contributed by atoms with E-state index in [2.05, 4.69) is 13.8 Å². The number of hydrogen-bond donors (Lipinski definition) is 2.